The van der Waals surface area contributed by atoms with Crippen LogP contribution in [0.5, 0.6) is 0 Å². The van der Waals surface area contributed by atoms with E-state index < -0.39 is 12.4 Å². The molecule has 3 rings (SSSR count). The normalized spacial score (nSPS) is 41.9. The second kappa shape index (κ2) is 3.48. The van der Waals surface area contributed by atoms with E-state index in [-0.39, 0.29) is 23.7 Å². The molecule has 1 N–H and O–H groups in total. The Balaban J connectivity index is 1.83. The van der Waals surface area contributed by atoms with E-state index in [1.807, 2.05) is 0 Å². The van der Waals surface area contributed by atoms with Crippen molar-refractivity contribution in [2.75, 3.05) is 7.05 Å². The van der Waals surface area contributed by atoms with Crippen LogP contribution in [0, 0.1) is 23.7 Å². The van der Waals surface area contributed by atoms with Crippen LogP contribution in [0.2, 0.25) is 0 Å². The van der Waals surface area contributed by atoms with E-state index in [0.717, 1.165) is 6.42 Å². The number of carbonyl (C=O) groups excluding carboxylic acids is 2. The molecule has 5 nitrogen and oxygen atoms in total. The van der Waals surface area contributed by atoms with E-state index in [4.69, 9.17) is 9.47 Å². The summed E-state index contributed by atoms with van der Waals surface area (Å²) >= 11 is 0. The second-order valence-electron chi connectivity index (χ2n) is 4.98. The van der Waals surface area contributed by atoms with Gasteiger partial charge < -0.3 is 14.8 Å². The molecule has 0 spiro atoms. The standard InChI is InChI=1S/C12H15NO4/c1-5-3-6-4-7(5)9-8(6)11(16-10(9)14)17-12(15)13-2/h3,6-9,11H,4H2,1-2H3,(H,13,15). The topological polar surface area (TPSA) is 64.6 Å². The van der Waals surface area contributed by atoms with Crippen LogP contribution in [0.15, 0.2) is 11.6 Å². The summed E-state index contributed by atoms with van der Waals surface area (Å²) in [5, 5.41) is 2.37. The van der Waals surface area contributed by atoms with Crippen LogP contribution < -0.4 is 5.32 Å². The number of alkyl carbamates (subject to hydrolysis) is 1. The molecule has 1 saturated heterocycles. The van der Waals surface area contributed by atoms with Gasteiger partial charge in [-0.15, -0.1) is 0 Å². The van der Waals surface area contributed by atoms with Gasteiger partial charge >= 0.3 is 12.1 Å². The Hall–Kier alpha value is -1.52. The highest BCUT2D eigenvalue weighted by molar-refractivity contribution is 5.78. The van der Waals surface area contributed by atoms with Crippen LogP contribution in [0.1, 0.15) is 13.3 Å². The minimum Gasteiger partial charge on any atom is -0.424 e. The van der Waals surface area contributed by atoms with Crippen molar-refractivity contribution in [2.24, 2.45) is 23.7 Å². The SMILES string of the molecule is CNC(=O)OC1OC(=O)C2C3CC(C=C3C)C12. The molecule has 17 heavy (non-hydrogen) atoms. The minimum atomic E-state index is -0.716. The van der Waals surface area contributed by atoms with Gasteiger partial charge in [-0.25, -0.2) is 4.79 Å². The van der Waals surface area contributed by atoms with E-state index in [2.05, 4.69) is 18.3 Å². The van der Waals surface area contributed by atoms with Gasteiger partial charge in [-0.3, -0.25) is 4.79 Å². The molecule has 1 heterocycles. The molecule has 2 bridgehead atoms. The van der Waals surface area contributed by atoms with Gasteiger partial charge in [0.05, 0.1) is 11.8 Å². The fourth-order valence-electron chi connectivity index (χ4n) is 3.47. The maximum absolute atomic E-state index is 11.8. The van der Waals surface area contributed by atoms with Gasteiger partial charge in [-0.2, -0.15) is 0 Å². The first kappa shape index (κ1) is 10.6. The van der Waals surface area contributed by atoms with Crippen LogP contribution >= 0.6 is 0 Å². The van der Waals surface area contributed by atoms with Crippen molar-refractivity contribution in [3.63, 3.8) is 0 Å². The number of fused-ring (bicyclic) bond motifs is 5. The second-order valence-corrected chi connectivity index (χ2v) is 4.98. The first-order chi connectivity index (χ1) is 8.11. The molecule has 5 atom stereocenters. The van der Waals surface area contributed by atoms with Gasteiger partial charge in [0.2, 0.25) is 0 Å². The van der Waals surface area contributed by atoms with Crippen molar-refractivity contribution in [2.45, 2.75) is 19.6 Å². The largest absolute Gasteiger partial charge is 0.424 e. The molecule has 0 radical (unpaired) electrons. The quantitative estimate of drug-likeness (QED) is 0.547. The lowest BCUT2D eigenvalue weighted by atomic mass is 9.81. The lowest BCUT2D eigenvalue weighted by Gasteiger charge is -2.22. The number of cyclic esters (lactones) is 1. The number of nitrogens with one attached hydrogen (secondary N) is 1. The Bertz CT molecular complexity index is 417. The highest BCUT2D eigenvalue weighted by Crippen LogP contribution is 2.56. The molecule has 1 amide bonds. The maximum Gasteiger partial charge on any atom is 0.409 e. The van der Waals surface area contributed by atoms with Crippen molar-refractivity contribution in [3.8, 4) is 0 Å². The highest BCUT2D eigenvalue weighted by atomic mass is 16.7. The molecule has 5 heteroatoms. The summed E-state index contributed by atoms with van der Waals surface area (Å²) in [6.07, 6.45) is 1.91. The molecule has 2 aliphatic carbocycles. The van der Waals surface area contributed by atoms with Crippen LogP contribution in [0.3, 0.4) is 0 Å². The van der Waals surface area contributed by atoms with Gasteiger partial charge in [0.25, 0.3) is 6.29 Å². The minimum absolute atomic E-state index is 0.00787. The molecule has 1 aliphatic heterocycles. The molecule has 92 valence electrons. The van der Waals surface area contributed by atoms with Gasteiger partial charge in [0.15, 0.2) is 0 Å². The molecule has 1 saturated carbocycles. The Kier molecular flexibility index (Phi) is 2.18. The number of esters is 1. The number of hydrogen-bond donors (Lipinski definition) is 1. The number of ether oxygens (including phenoxy) is 2. The smallest absolute Gasteiger partial charge is 0.409 e. The average Bonchev–Trinajstić information content (AvgIpc) is 2.91. The molecule has 0 aromatic heterocycles. The lowest BCUT2D eigenvalue weighted by Crippen LogP contribution is -2.32. The van der Waals surface area contributed by atoms with Crippen LogP contribution in [0.4, 0.5) is 4.79 Å². The molecular formula is C12H15NO4. The third-order valence-electron chi connectivity index (χ3n) is 4.18. The zero-order valence-corrected chi connectivity index (χ0v) is 9.80. The summed E-state index contributed by atoms with van der Waals surface area (Å²) in [7, 11) is 1.49. The fourth-order valence-corrected chi connectivity index (χ4v) is 3.47. The summed E-state index contributed by atoms with van der Waals surface area (Å²) in [6, 6.07) is 0. The van der Waals surface area contributed by atoms with Crippen molar-refractivity contribution >= 4 is 12.1 Å². The van der Waals surface area contributed by atoms with E-state index in [1.165, 1.54) is 12.6 Å². The monoisotopic (exact) mass is 237 g/mol. The molecular weight excluding hydrogens is 222 g/mol. The maximum atomic E-state index is 11.8. The zero-order valence-electron chi connectivity index (χ0n) is 9.80. The molecule has 3 aliphatic rings. The molecule has 5 unspecified atom stereocenters. The number of amides is 1. The number of rotatable bonds is 1. The highest BCUT2D eigenvalue weighted by Gasteiger charge is 2.60. The van der Waals surface area contributed by atoms with E-state index >= 15 is 0 Å². The third kappa shape index (κ3) is 1.38. The number of carbonyl (C=O) groups is 2. The summed E-state index contributed by atoms with van der Waals surface area (Å²) in [4.78, 5) is 23.0. The van der Waals surface area contributed by atoms with Crippen molar-refractivity contribution in [3.05, 3.63) is 11.6 Å². The Morgan fingerprint density at radius 2 is 2.35 bits per heavy atom. The van der Waals surface area contributed by atoms with Crippen LogP contribution in [-0.2, 0) is 14.3 Å². The first-order valence-corrected chi connectivity index (χ1v) is 5.89. The third-order valence-corrected chi connectivity index (χ3v) is 4.18. The zero-order chi connectivity index (χ0) is 12.2. The number of hydrogen-bond acceptors (Lipinski definition) is 4. The van der Waals surface area contributed by atoms with Crippen molar-refractivity contribution in [1.29, 1.82) is 0 Å². The summed E-state index contributed by atoms with van der Waals surface area (Å²) in [5.41, 5.74) is 1.27. The Morgan fingerprint density at radius 3 is 3.06 bits per heavy atom. The van der Waals surface area contributed by atoms with E-state index in [1.54, 1.807) is 0 Å². The first-order valence-electron chi connectivity index (χ1n) is 5.89. The summed E-state index contributed by atoms with van der Waals surface area (Å²) in [6.45, 7) is 2.06. The van der Waals surface area contributed by atoms with Gasteiger partial charge in [0, 0.05) is 7.05 Å². The summed E-state index contributed by atoms with van der Waals surface area (Å²) in [5.74, 6) is 0.277. The van der Waals surface area contributed by atoms with Crippen LogP contribution in [-0.4, -0.2) is 25.4 Å². The average molecular weight is 237 g/mol. The number of allylic oxidation sites excluding steroid dienone is 2. The van der Waals surface area contributed by atoms with Crippen molar-refractivity contribution in [1.82, 2.24) is 5.32 Å². The fraction of sp³-hybridized carbons (Fsp3) is 0.667. The van der Waals surface area contributed by atoms with Gasteiger partial charge in [-0.05, 0) is 25.2 Å². The molecule has 0 aromatic rings. The lowest BCUT2D eigenvalue weighted by molar-refractivity contribution is -0.158. The Labute approximate surface area is 99.1 Å². The van der Waals surface area contributed by atoms with Crippen molar-refractivity contribution < 1.29 is 19.1 Å². The van der Waals surface area contributed by atoms with E-state index in [0.29, 0.717) is 5.92 Å². The Morgan fingerprint density at radius 1 is 1.59 bits per heavy atom. The predicted molar refractivity (Wildman–Crippen MR) is 57.8 cm³/mol. The molecule has 2 fully saturated rings. The van der Waals surface area contributed by atoms with E-state index in [9.17, 15) is 9.59 Å². The molecule has 0 aromatic carbocycles. The summed E-state index contributed by atoms with van der Waals surface area (Å²) < 4.78 is 10.3. The van der Waals surface area contributed by atoms with Crippen LogP contribution in [0.25, 0.3) is 0 Å². The predicted octanol–water partition coefficient (Wildman–Crippen LogP) is 1.05. The van der Waals surface area contributed by atoms with Gasteiger partial charge in [0.1, 0.15) is 0 Å². The van der Waals surface area contributed by atoms with Gasteiger partial charge in [-0.1, -0.05) is 11.6 Å².